The van der Waals surface area contributed by atoms with Gasteiger partial charge in [0.2, 0.25) is 0 Å². The van der Waals surface area contributed by atoms with Gasteiger partial charge in [0.15, 0.2) is 0 Å². The maximum Gasteiger partial charge on any atom is 0.143 e. The highest BCUT2D eigenvalue weighted by Gasteiger charge is 2.47. The van der Waals surface area contributed by atoms with Crippen molar-refractivity contribution in [3.05, 3.63) is 45.3 Å². The highest BCUT2D eigenvalue weighted by molar-refractivity contribution is 6.01. The summed E-state index contributed by atoms with van der Waals surface area (Å²) < 4.78 is 0. The van der Waals surface area contributed by atoms with Crippen LogP contribution >= 0.6 is 0 Å². The predicted octanol–water partition coefficient (Wildman–Crippen LogP) is 4.43. The molecule has 0 bridgehead atoms. The smallest absolute Gasteiger partial charge is 0.143 e. The normalized spacial score (nSPS) is 24.8. The number of hydrogen-bond donors (Lipinski definition) is 1. The Morgan fingerprint density at radius 3 is 2.15 bits per heavy atom. The van der Waals surface area contributed by atoms with Crippen molar-refractivity contribution < 1.29 is 5.11 Å². The third-order valence-electron chi connectivity index (χ3n) is 5.19. The highest BCUT2D eigenvalue weighted by Crippen LogP contribution is 2.55. The number of allylic oxidation sites excluding steroid dienone is 4. The number of nitrogens with zero attached hydrogens (tertiary/aromatic N) is 2. The number of aliphatic hydroxyl groups is 1. The molecule has 0 saturated carbocycles. The van der Waals surface area contributed by atoms with E-state index in [1.54, 1.807) is 0 Å². The lowest BCUT2D eigenvalue weighted by Gasteiger charge is -2.38. The van der Waals surface area contributed by atoms with Crippen molar-refractivity contribution in [1.29, 1.82) is 0 Å². The first-order valence-corrected chi connectivity index (χ1v) is 7.09. The summed E-state index contributed by atoms with van der Waals surface area (Å²) in [6.07, 6.45) is 0. The molecule has 0 aromatic carbocycles. The van der Waals surface area contributed by atoms with Gasteiger partial charge >= 0.3 is 0 Å². The molecule has 0 unspecified atom stereocenters. The van der Waals surface area contributed by atoms with Gasteiger partial charge in [-0.3, -0.25) is 4.90 Å². The average Bonchev–Trinajstić information content (AvgIpc) is 2.56. The topological polar surface area (TPSA) is 35.8 Å². The van der Waals surface area contributed by atoms with Crippen LogP contribution in [0.4, 0.5) is 0 Å². The molecule has 3 heteroatoms. The second-order valence-corrected chi connectivity index (χ2v) is 6.53. The van der Waals surface area contributed by atoms with Gasteiger partial charge in [-0.1, -0.05) is 13.8 Å². The molecule has 0 aromatic heterocycles. The van der Waals surface area contributed by atoms with Crippen LogP contribution in [-0.4, -0.2) is 15.7 Å². The zero-order chi connectivity index (χ0) is 15.0. The first-order chi connectivity index (χ1) is 9.19. The lowest BCUT2D eigenvalue weighted by Crippen LogP contribution is -2.32. The molecule has 0 aromatic rings. The Balaban J connectivity index is 2.45. The van der Waals surface area contributed by atoms with Gasteiger partial charge in [-0.2, -0.15) is 0 Å². The SMILES string of the molecule is CC1=NC2=C(C)C(C)(C)C3=C(C)C(C)=C(O)C(=C1C)N23. The molecule has 106 valence electrons. The molecule has 0 saturated heterocycles. The third-order valence-corrected chi connectivity index (χ3v) is 5.19. The lowest BCUT2D eigenvalue weighted by molar-refractivity contribution is 0.346. The summed E-state index contributed by atoms with van der Waals surface area (Å²) in [4.78, 5) is 6.94. The number of hydrogen-bond acceptors (Lipinski definition) is 3. The molecule has 3 aliphatic heterocycles. The van der Waals surface area contributed by atoms with Crippen LogP contribution in [0.2, 0.25) is 0 Å². The maximum atomic E-state index is 10.6. The molecular formula is C17H22N2O. The monoisotopic (exact) mass is 270 g/mol. The molecule has 3 aliphatic rings. The van der Waals surface area contributed by atoms with Crippen LogP contribution in [0.25, 0.3) is 0 Å². The summed E-state index contributed by atoms with van der Waals surface area (Å²) >= 11 is 0. The number of aliphatic hydroxyl groups excluding tert-OH is 1. The molecule has 20 heavy (non-hydrogen) atoms. The first kappa shape index (κ1) is 13.2. The first-order valence-electron chi connectivity index (χ1n) is 7.09. The molecular weight excluding hydrogens is 248 g/mol. The second-order valence-electron chi connectivity index (χ2n) is 6.53. The lowest BCUT2D eigenvalue weighted by atomic mass is 9.80. The van der Waals surface area contributed by atoms with Crippen LogP contribution in [0.3, 0.4) is 0 Å². The van der Waals surface area contributed by atoms with E-state index in [2.05, 4.69) is 32.6 Å². The minimum absolute atomic E-state index is 0.0545. The van der Waals surface area contributed by atoms with E-state index in [-0.39, 0.29) is 5.41 Å². The molecule has 0 aliphatic carbocycles. The Morgan fingerprint density at radius 2 is 1.55 bits per heavy atom. The van der Waals surface area contributed by atoms with Gasteiger partial charge in [0.25, 0.3) is 0 Å². The van der Waals surface area contributed by atoms with E-state index >= 15 is 0 Å². The van der Waals surface area contributed by atoms with Crippen molar-refractivity contribution in [2.24, 2.45) is 10.4 Å². The fourth-order valence-corrected chi connectivity index (χ4v) is 3.40. The maximum absolute atomic E-state index is 10.6. The van der Waals surface area contributed by atoms with Gasteiger partial charge in [0, 0.05) is 16.8 Å². The third kappa shape index (κ3) is 1.28. The summed E-state index contributed by atoms with van der Waals surface area (Å²) in [6.45, 7) is 14.8. The molecule has 3 rings (SSSR count). The molecule has 0 atom stereocenters. The van der Waals surface area contributed by atoms with Crippen molar-refractivity contribution in [3.63, 3.8) is 0 Å². The van der Waals surface area contributed by atoms with Crippen molar-refractivity contribution >= 4 is 5.71 Å². The number of aliphatic imine (C=N–C) groups is 1. The number of rotatable bonds is 0. The van der Waals surface area contributed by atoms with Gasteiger partial charge in [-0.05, 0) is 56.9 Å². The molecule has 3 heterocycles. The molecule has 3 nitrogen and oxygen atoms in total. The van der Waals surface area contributed by atoms with Crippen LogP contribution in [0.5, 0.6) is 0 Å². The molecule has 0 spiro atoms. The second kappa shape index (κ2) is 3.66. The minimum Gasteiger partial charge on any atom is -0.505 e. The van der Waals surface area contributed by atoms with E-state index in [0.717, 1.165) is 33.9 Å². The van der Waals surface area contributed by atoms with Gasteiger partial charge in [0.1, 0.15) is 11.6 Å². The van der Waals surface area contributed by atoms with Gasteiger partial charge < -0.3 is 5.11 Å². The van der Waals surface area contributed by atoms with Gasteiger partial charge in [-0.15, -0.1) is 0 Å². The van der Waals surface area contributed by atoms with Crippen molar-refractivity contribution in [1.82, 2.24) is 4.90 Å². The van der Waals surface area contributed by atoms with Crippen LogP contribution in [0, 0.1) is 5.41 Å². The quantitative estimate of drug-likeness (QED) is 0.707. The minimum atomic E-state index is -0.0545. The van der Waals surface area contributed by atoms with Crippen LogP contribution in [-0.2, 0) is 0 Å². The Labute approximate surface area is 120 Å². The van der Waals surface area contributed by atoms with Crippen molar-refractivity contribution in [2.45, 2.75) is 48.5 Å². The Morgan fingerprint density at radius 1 is 0.950 bits per heavy atom. The largest absolute Gasteiger partial charge is 0.505 e. The fraction of sp³-hybridized carbons (Fsp3) is 0.471. The van der Waals surface area contributed by atoms with E-state index in [0.29, 0.717) is 5.76 Å². The molecule has 1 N–H and O–H groups in total. The van der Waals surface area contributed by atoms with E-state index in [4.69, 9.17) is 4.99 Å². The van der Waals surface area contributed by atoms with E-state index in [1.165, 1.54) is 11.3 Å². The standard InChI is InChI=1S/C17H22N2O/c1-8-9(2)15-17(6,7)11(4)16-18-12(5)10(3)13(14(8)20)19(15)16/h20H,1-7H3. The van der Waals surface area contributed by atoms with Crippen molar-refractivity contribution in [2.75, 3.05) is 0 Å². The zero-order valence-electron chi connectivity index (χ0n) is 13.3. The summed E-state index contributed by atoms with van der Waals surface area (Å²) in [5.74, 6) is 1.38. The van der Waals surface area contributed by atoms with Gasteiger partial charge in [0.05, 0.1) is 5.70 Å². The molecule has 0 amide bonds. The summed E-state index contributed by atoms with van der Waals surface area (Å²) in [5.41, 5.74) is 7.56. The Kier molecular flexibility index (Phi) is 2.42. The van der Waals surface area contributed by atoms with Crippen LogP contribution < -0.4 is 0 Å². The fourth-order valence-electron chi connectivity index (χ4n) is 3.40. The van der Waals surface area contributed by atoms with Crippen LogP contribution in [0.15, 0.2) is 50.3 Å². The van der Waals surface area contributed by atoms with Gasteiger partial charge in [-0.25, -0.2) is 4.99 Å². The average molecular weight is 270 g/mol. The summed E-state index contributed by atoms with van der Waals surface area (Å²) in [5, 5.41) is 10.6. The summed E-state index contributed by atoms with van der Waals surface area (Å²) in [7, 11) is 0. The Hall–Kier alpha value is -1.77. The summed E-state index contributed by atoms with van der Waals surface area (Å²) in [6, 6.07) is 0. The van der Waals surface area contributed by atoms with Crippen molar-refractivity contribution in [3.8, 4) is 0 Å². The highest BCUT2D eigenvalue weighted by atomic mass is 16.3. The molecule has 0 radical (unpaired) electrons. The van der Waals surface area contributed by atoms with E-state index in [1.807, 2.05) is 20.8 Å². The zero-order valence-corrected chi connectivity index (χ0v) is 13.3. The van der Waals surface area contributed by atoms with E-state index < -0.39 is 0 Å². The molecule has 0 fully saturated rings. The van der Waals surface area contributed by atoms with Crippen LogP contribution in [0.1, 0.15) is 48.5 Å². The van der Waals surface area contributed by atoms with E-state index in [9.17, 15) is 5.11 Å². The Bertz CT molecular complexity index is 697. The predicted molar refractivity (Wildman–Crippen MR) is 82.2 cm³/mol.